The van der Waals surface area contributed by atoms with Crippen molar-refractivity contribution in [3.8, 4) is 0 Å². The van der Waals surface area contributed by atoms with Crippen molar-refractivity contribution in [3.63, 3.8) is 0 Å². The number of halogens is 6. The predicted molar refractivity (Wildman–Crippen MR) is 553 cm³/mol. The van der Waals surface area contributed by atoms with Crippen molar-refractivity contribution in [1.82, 2.24) is 74.0 Å². The number of carbonyl (C=O) groups excluding carboxylic acids is 3. The second-order valence-corrected chi connectivity index (χ2v) is 38.3. The summed E-state index contributed by atoms with van der Waals surface area (Å²) >= 11 is 37.3. The zero-order valence-electron chi connectivity index (χ0n) is 78.1. The number of ether oxygens (including phenoxy) is 2. The average molecular weight is 1950 g/mol. The molecular weight excluding hydrogens is 1820 g/mol. The summed E-state index contributed by atoms with van der Waals surface area (Å²) in [6.07, 6.45) is 3.58. The van der Waals surface area contributed by atoms with Crippen molar-refractivity contribution in [2.75, 3.05) is 170 Å². The van der Waals surface area contributed by atoms with E-state index in [9.17, 15) is 14.4 Å². The van der Waals surface area contributed by atoms with Gasteiger partial charge in [0.2, 0.25) is 5.91 Å². The number of nitrogens with zero attached hydrogens (tertiary/aromatic N) is 15. The van der Waals surface area contributed by atoms with Gasteiger partial charge in [-0.3, -0.25) is 34.2 Å². The Labute approximate surface area is 826 Å². The molecule has 6 heterocycles. The van der Waals surface area contributed by atoms with Crippen LogP contribution in [-0.2, 0) is 43.5 Å². The Morgan fingerprint density at radius 2 is 0.615 bits per heavy atom. The van der Waals surface area contributed by atoms with E-state index in [1.54, 1.807) is 0 Å². The van der Waals surface area contributed by atoms with E-state index in [1.165, 1.54) is 33.4 Å². The Morgan fingerprint density at radius 1 is 0.356 bits per heavy atom. The molecule has 3 saturated heterocycles. The number of benzene rings is 9. The van der Waals surface area contributed by atoms with Gasteiger partial charge in [0.05, 0.1) is 67.5 Å². The summed E-state index contributed by atoms with van der Waals surface area (Å²) in [6, 6.07) is 71.2. The summed E-state index contributed by atoms with van der Waals surface area (Å²) in [5.41, 5.74) is 15.5. The SMILES string of the molecule is C.CC(C)COC(=O)[C@H](CCCN(C)C)Nc1nc(CN2CCN(C(c3ccc(Cl)cc3)c3ccc(Cl)cc3)CC2)nc2ccccc12.CCOC(=O)[C@H](CCN(C)C)Nc1nc(CN2CCN(C(c3ccc(Cl)cc3)c3ccc(Cl)cc3)CC2)nc2ccccc12.CN(C)CCC[C@H](Nc1nc(CN2CCN(C(c3ccc(Cl)cc3)c3ccc(Cl)cc3)CC2)nc2ccccc12)C(N)=O. The third-order valence-electron chi connectivity index (χ3n) is 24.2. The van der Waals surface area contributed by atoms with E-state index in [0.29, 0.717) is 69.6 Å². The van der Waals surface area contributed by atoms with Gasteiger partial charge in [0.25, 0.3) is 0 Å². The van der Waals surface area contributed by atoms with Gasteiger partial charge in [0, 0.05) is 131 Å². The average Bonchev–Trinajstić information content (AvgIpc) is 0.802. The molecule has 24 nitrogen and oxygen atoms in total. The summed E-state index contributed by atoms with van der Waals surface area (Å²) in [7, 11) is 12.1. The van der Waals surface area contributed by atoms with Gasteiger partial charge in [-0.2, -0.15) is 0 Å². The van der Waals surface area contributed by atoms with Gasteiger partial charge in [0.1, 0.15) is 53.1 Å². The largest absolute Gasteiger partial charge is 0.464 e. The molecule has 30 heteroatoms. The number of aromatic nitrogens is 6. The second kappa shape index (κ2) is 51.6. The molecule has 3 aromatic heterocycles. The zero-order chi connectivity index (χ0) is 94.7. The summed E-state index contributed by atoms with van der Waals surface area (Å²) in [5.74, 6) is 3.53. The van der Waals surface area contributed by atoms with Crippen LogP contribution in [0.4, 0.5) is 17.5 Å². The fourth-order valence-electron chi connectivity index (χ4n) is 17.2. The number of hydrogen-bond donors (Lipinski definition) is 4. The lowest BCUT2D eigenvalue weighted by atomic mass is 9.96. The molecule has 0 aliphatic carbocycles. The number of primary amides is 1. The first-order valence-electron chi connectivity index (χ1n) is 46.3. The number of para-hydroxylation sites is 3. The molecule has 15 rings (SSSR count). The van der Waals surface area contributed by atoms with Gasteiger partial charge in [-0.15, -0.1) is 0 Å². The van der Waals surface area contributed by atoms with Crippen LogP contribution < -0.4 is 21.7 Å². The number of nitrogens with one attached hydrogen (secondary N) is 3. The Kier molecular flexibility index (Phi) is 39.8. The highest BCUT2D eigenvalue weighted by atomic mass is 35.5. The van der Waals surface area contributed by atoms with Gasteiger partial charge in [-0.1, -0.05) is 200 Å². The van der Waals surface area contributed by atoms with E-state index in [-0.39, 0.29) is 49.3 Å². The monoisotopic (exact) mass is 1950 g/mol. The van der Waals surface area contributed by atoms with Crippen molar-refractivity contribution >= 4 is 138 Å². The third kappa shape index (κ3) is 30.6. The fraction of sp³-hybridized carbons (Fsp3) is 0.400. The number of nitrogens with two attached hydrogens (primary N) is 1. The van der Waals surface area contributed by atoms with E-state index < -0.39 is 18.1 Å². The Hall–Kier alpha value is -9.81. The summed E-state index contributed by atoms with van der Waals surface area (Å²) in [4.78, 5) is 88.9. The molecule has 0 bridgehead atoms. The lowest BCUT2D eigenvalue weighted by molar-refractivity contribution is -0.146. The number of hydrogen-bond acceptors (Lipinski definition) is 23. The second-order valence-electron chi connectivity index (χ2n) is 35.7. The van der Waals surface area contributed by atoms with Gasteiger partial charge in [-0.05, 0) is 243 Å². The molecular formula is C105H129Cl6N19O5. The van der Waals surface area contributed by atoms with Crippen molar-refractivity contribution < 1.29 is 23.9 Å². The first-order chi connectivity index (χ1) is 64.7. The van der Waals surface area contributed by atoms with Crippen molar-refractivity contribution in [2.24, 2.45) is 11.7 Å². The molecule has 3 aliphatic rings. The van der Waals surface area contributed by atoms with Gasteiger partial charge in [-0.25, -0.2) is 39.5 Å². The first-order valence-corrected chi connectivity index (χ1v) is 48.6. The maximum Gasteiger partial charge on any atom is 0.328 e. The Balaban J connectivity index is 0.000000182. The molecule has 135 heavy (non-hydrogen) atoms. The first kappa shape index (κ1) is 104. The molecule has 3 aliphatic heterocycles. The summed E-state index contributed by atoms with van der Waals surface area (Å²) in [6.45, 7) is 21.4. The normalized spacial score (nSPS) is 15.1. The predicted octanol–water partition coefficient (Wildman–Crippen LogP) is 19.4. The summed E-state index contributed by atoms with van der Waals surface area (Å²) in [5, 5.41) is 17.2. The molecule has 0 saturated carbocycles. The van der Waals surface area contributed by atoms with Gasteiger partial charge < -0.3 is 45.9 Å². The summed E-state index contributed by atoms with van der Waals surface area (Å²) < 4.78 is 11.1. The van der Waals surface area contributed by atoms with Gasteiger partial charge >= 0.3 is 11.9 Å². The molecule has 0 radical (unpaired) electrons. The molecule has 12 aromatic rings. The standard InChI is InChI=1S/C37H46Cl2N6O2.C34H40Cl2N6O2.C33H39Cl2N7O.CH4/c1-26(2)25-47-37(46)33(10-7-19-43(3)4)41-36-31-8-5-6-9-32(31)40-34(42-36)24-44-20-22-45(23-21-44)35(27-11-15-29(38)16-12-27)28-13-17-30(39)18-14-28;1-4-44-34(43)30(17-18-40(2)3)38-33-28-7-5-6-8-29(28)37-31(39-33)23-41-19-21-42(22-20-41)32(24-9-13-26(35)14-10-24)25-11-15-27(36)16-12-25;1-40(2)17-5-8-29(32(36)43)38-33-27-6-3-4-7-28(27)37-30(39-33)22-41-18-20-42(21-19-41)31(23-9-13-25(34)14-10-23)24-11-15-26(35)16-12-24;/h5-6,8-9,11-18,26,33,35H,7,10,19-25H2,1-4H3,(H,40,41,42);5-16,30,32H,4,17-23H2,1-3H3,(H,37,38,39);3-4,6-7,9-16,29,31H,5,8,17-22H2,1-2H3,(H2,36,43)(H,37,38,39);1H4/t33-;30-;29-;/m000./s1. The number of rotatable bonds is 38. The van der Waals surface area contributed by atoms with Crippen molar-refractivity contribution in [3.05, 3.63) is 299 Å². The zero-order valence-corrected chi connectivity index (χ0v) is 82.6. The van der Waals surface area contributed by atoms with Crippen LogP contribution in [0.5, 0.6) is 0 Å². The van der Waals surface area contributed by atoms with Crippen LogP contribution in [0.1, 0.15) is 129 Å². The molecule has 5 N–H and O–H groups in total. The molecule has 716 valence electrons. The minimum atomic E-state index is -0.510. The minimum Gasteiger partial charge on any atom is -0.464 e. The van der Waals surface area contributed by atoms with Crippen molar-refractivity contribution in [2.45, 2.75) is 116 Å². The van der Waals surface area contributed by atoms with Crippen LogP contribution in [0, 0.1) is 5.92 Å². The maximum absolute atomic E-state index is 13.2. The topological polar surface area (TPSA) is 238 Å². The van der Waals surface area contributed by atoms with E-state index in [2.05, 4.69) is 133 Å². The lowest BCUT2D eigenvalue weighted by Crippen LogP contribution is -2.47. The van der Waals surface area contributed by atoms with E-state index in [1.807, 2.05) is 209 Å². The molecule has 0 spiro atoms. The quantitative estimate of drug-likeness (QED) is 0.0263. The number of fused-ring (bicyclic) bond motifs is 3. The molecule has 0 unspecified atom stereocenters. The van der Waals surface area contributed by atoms with E-state index in [4.69, 9.17) is 115 Å². The van der Waals surface area contributed by atoms with Crippen LogP contribution in [0.15, 0.2) is 218 Å². The van der Waals surface area contributed by atoms with Crippen LogP contribution >= 0.6 is 69.6 Å². The van der Waals surface area contributed by atoms with Crippen LogP contribution in [-0.4, -0.2) is 264 Å². The number of carbonyl (C=O) groups is 3. The van der Waals surface area contributed by atoms with E-state index in [0.717, 1.165) is 191 Å². The molecule has 1 amide bonds. The molecule has 3 atom stereocenters. The number of esters is 2. The Morgan fingerprint density at radius 3 is 0.881 bits per heavy atom. The third-order valence-corrected chi connectivity index (χ3v) is 25.7. The highest BCUT2D eigenvalue weighted by Gasteiger charge is 2.33. The number of anilines is 3. The van der Waals surface area contributed by atoms with Crippen molar-refractivity contribution in [1.29, 1.82) is 0 Å². The highest BCUT2D eigenvalue weighted by Crippen LogP contribution is 2.37. The van der Waals surface area contributed by atoms with Crippen LogP contribution in [0.3, 0.4) is 0 Å². The maximum atomic E-state index is 13.2. The van der Waals surface area contributed by atoms with E-state index >= 15 is 0 Å². The molecule has 9 aromatic carbocycles. The smallest absolute Gasteiger partial charge is 0.328 e. The highest BCUT2D eigenvalue weighted by molar-refractivity contribution is 6.32. The Bertz CT molecular complexity index is 5600. The number of amides is 1. The van der Waals surface area contributed by atoms with Gasteiger partial charge in [0.15, 0.2) is 0 Å². The number of piperazine rings is 3. The molecule has 3 fully saturated rings. The van der Waals surface area contributed by atoms with Crippen LogP contribution in [0.25, 0.3) is 32.7 Å². The minimum absolute atomic E-state index is 0. The van der Waals surface area contributed by atoms with Crippen LogP contribution in [0.2, 0.25) is 30.1 Å². The lowest BCUT2D eigenvalue weighted by Gasteiger charge is -2.39. The fourth-order valence-corrected chi connectivity index (χ4v) is 18.0.